The number of benzene rings is 1. The van der Waals surface area contributed by atoms with Crippen molar-refractivity contribution in [3.8, 4) is 23.1 Å². The fraction of sp³-hybridized carbons (Fsp3) is 0. The molecule has 4 aromatic heterocycles. The number of rotatable bonds is 5. The SMILES string of the molecule is NC(=O)c1nn(-c2c(Cl)cccc2Cl)nc1Nc1ccc(-c2nnc3cncc(O)n23)nc1. The molecule has 4 heterocycles. The number of carbonyl (C=O) groups is 1. The van der Waals surface area contributed by atoms with E-state index in [1.807, 2.05) is 0 Å². The van der Waals surface area contributed by atoms with Gasteiger partial charge in [-0.2, -0.15) is 0 Å². The highest BCUT2D eigenvalue weighted by Crippen LogP contribution is 2.29. The van der Waals surface area contributed by atoms with Gasteiger partial charge in [0.2, 0.25) is 5.88 Å². The fourth-order valence-corrected chi connectivity index (χ4v) is 3.62. The number of amides is 1. The monoisotopic (exact) mass is 482 g/mol. The maximum atomic E-state index is 11.9. The van der Waals surface area contributed by atoms with E-state index in [1.54, 1.807) is 30.3 Å². The van der Waals surface area contributed by atoms with Gasteiger partial charge in [0.1, 0.15) is 11.4 Å². The molecule has 0 fully saturated rings. The Morgan fingerprint density at radius 1 is 1.03 bits per heavy atom. The fourth-order valence-electron chi connectivity index (χ4n) is 3.07. The van der Waals surface area contributed by atoms with E-state index in [4.69, 9.17) is 28.9 Å². The summed E-state index contributed by atoms with van der Waals surface area (Å²) in [5.74, 6) is -0.508. The molecule has 0 atom stereocenters. The van der Waals surface area contributed by atoms with Crippen LogP contribution in [0.25, 0.3) is 22.9 Å². The van der Waals surface area contributed by atoms with E-state index >= 15 is 0 Å². The molecule has 5 aromatic rings. The van der Waals surface area contributed by atoms with Gasteiger partial charge in [-0.05, 0) is 24.3 Å². The quantitative estimate of drug-likeness (QED) is 0.341. The summed E-state index contributed by atoms with van der Waals surface area (Å²) in [5, 5.41) is 30.0. The van der Waals surface area contributed by atoms with Gasteiger partial charge >= 0.3 is 0 Å². The lowest BCUT2D eigenvalue weighted by Crippen LogP contribution is -2.14. The number of hydrogen-bond acceptors (Lipinski definition) is 9. The zero-order chi connectivity index (χ0) is 23.1. The van der Waals surface area contributed by atoms with E-state index in [0.29, 0.717) is 38.6 Å². The van der Waals surface area contributed by atoms with Crippen LogP contribution in [0.3, 0.4) is 0 Å². The van der Waals surface area contributed by atoms with Crippen LogP contribution in [0, 0.1) is 0 Å². The number of primary amides is 1. The molecule has 0 radical (unpaired) electrons. The second-order valence-electron chi connectivity index (χ2n) is 6.66. The lowest BCUT2D eigenvalue weighted by molar-refractivity contribution is 0.0996. The molecule has 14 heteroatoms. The van der Waals surface area contributed by atoms with Crippen molar-refractivity contribution in [3.05, 3.63) is 64.7 Å². The molecule has 0 saturated carbocycles. The highest BCUT2D eigenvalue weighted by atomic mass is 35.5. The van der Waals surface area contributed by atoms with Crippen LogP contribution in [0.5, 0.6) is 5.88 Å². The first-order chi connectivity index (χ1) is 15.9. The number of nitrogens with two attached hydrogens (primary N) is 1. The Morgan fingerprint density at radius 3 is 2.52 bits per heavy atom. The van der Waals surface area contributed by atoms with Gasteiger partial charge in [-0.1, -0.05) is 29.3 Å². The first-order valence-electron chi connectivity index (χ1n) is 9.25. The molecular weight excluding hydrogens is 471 g/mol. The van der Waals surface area contributed by atoms with E-state index < -0.39 is 5.91 Å². The van der Waals surface area contributed by atoms with Crippen molar-refractivity contribution in [2.24, 2.45) is 5.73 Å². The average Bonchev–Trinajstić information content (AvgIpc) is 3.40. The van der Waals surface area contributed by atoms with Gasteiger partial charge in [0.15, 0.2) is 23.0 Å². The molecular formula is C19H12Cl2N10O2. The summed E-state index contributed by atoms with van der Waals surface area (Å²) in [6.07, 6.45) is 4.22. The maximum absolute atomic E-state index is 11.9. The summed E-state index contributed by atoms with van der Waals surface area (Å²) in [5.41, 5.74) is 6.95. The molecule has 0 aliphatic heterocycles. The van der Waals surface area contributed by atoms with Crippen LogP contribution in [-0.4, -0.2) is 50.6 Å². The number of hydrogen-bond donors (Lipinski definition) is 3. The van der Waals surface area contributed by atoms with E-state index in [0.717, 1.165) is 4.80 Å². The molecule has 12 nitrogen and oxygen atoms in total. The van der Waals surface area contributed by atoms with Crippen molar-refractivity contribution in [1.82, 2.24) is 39.6 Å². The minimum atomic E-state index is -0.796. The van der Waals surface area contributed by atoms with Crippen LogP contribution < -0.4 is 11.1 Å². The molecule has 5 rings (SSSR count). The number of para-hydroxylation sites is 1. The van der Waals surface area contributed by atoms with Crippen molar-refractivity contribution in [2.75, 3.05) is 5.32 Å². The third kappa shape index (κ3) is 3.66. The molecule has 0 aliphatic carbocycles. The Hall–Kier alpha value is -4.29. The molecule has 164 valence electrons. The summed E-state index contributed by atoms with van der Waals surface area (Å²) >= 11 is 12.4. The minimum Gasteiger partial charge on any atom is -0.493 e. The van der Waals surface area contributed by atoms with Gasteiger partial charge in [-0.15, -0.1) is 25.2 Å². The number of nitrogens with zero attached hydrogens (tertiary/aromatic N) is 8. The molecule has 33 heavy (non-hydrogen) atoms. The van der Waals surface area contributed by atoms with Gasteiger partial charge in [-0.25, -0.2) is 4.40 Å². The Kier molecular flexibility index (Phi) is 4.99. The largest absolute Gasteiger partial charge is 0.493 e. The van der Waals surface area contributed by atoms with E-state index in [1.165, 1.54) is 23.0 Å². The molecule has 0 spiro atoms. The third-order valence-corrected chi connectivity index (χ3v) is 5.15. The first kappa shape index (κ1) is 20.6. The number of aromatic nitrogens is 8. The molecule has 0 aliphatic rings. The van der Waals surface area contributed by atoms with Crippen molar-refractivity contribution in [1.29, 1.82) is 0 Å². The van der Waals surface area contributed by atoms with Crippen LogP contribution >= 0.6 is 23.2 Å². The highest BCUT2D eigenvalue weighted by molar-refractivity contribution is 6.37. The molecule has 0 bridgehead atoms. The highest BCUT2D eigenvalue weighted by Gasteiger charge is 2.20. The predicted octanol–water partition coefficient (Wildman–Crippen LogP) is 2.62. The second kappa shape index (κ2) is 8.00. The molecule has 1 aromatic carbocycles. The topological polar surface area (TPSA) is 162 Å². The summed E-state index contributed by atoms with van der Waals surface area (Å²) < 4.78 is 1.41. The lowest BCUT2D eigenvalue weighted by atomic mass is 10.3. The number of carbonyl (C=O) groups excluding carboxylic acids is 1. The standard InChI is InChI=1S/C19H12Cl2N10O2/c20-10-2-1-3-11(21)16(10)31-28-15(17(22)33)18(29-31)25-9-4-5-12(24-6-9)19-27-26-13-7-23-8-14(32)30(13)19/h1-8,32H,(H2,22,33)(H,25,29). The number of fused-ring (bicyclic) bond motifs is 1. The van der Waals surface area contributed by atoms with Crippen LogP contribution in [0.2, 0.25) is 10.0 Å². The van der Waals surface area contributed by atoms with Gasteiger partial charge in [-0.3, -0.25) is 14.8 Å². The smallest absolute Gasteiger partial charge is 0.273 e. The third-order valence-electron chi connectivity index (χ3n) is 4.54. The number of halogens is 2. The number of pyridine rings is 1. The normalized spacial score (nSPS) is 11.1. The number of aromatic hydroxyl groups is 1. The van der Waals surface area contributed by atoms with Crippen LogP contribution in [0.1, 0.15) is 10.5 Å². The summed E-state index contributed by atoms with van der Waals surface area (Å²) in [6, 6.07) is 8.24. The van der Waals surface area contributed by atoms with Crippen molar-refractivity contribution < 1.29 is 9.90 Å². The van der Waals surface area contributed by atoms with Crippen LogP contribution in [0.15, 0.2) is 48.9 Å². The van der Waals surface area contributed by atoms with E-state index in [2.05, 4.69) is 35.7 Å². The van der Waals surface area contributed by atoms with E-state index in [-0.39, 0.29) is 17.4 Å². The maximum Gasteiger partial charge on any atom is 0.273 e. The van der Waals surface area contributed by atoms with Crippen molar-refractivity contribution in [3.63, 3.8) is 0 Å². The van der Waals surface area contributed by atoms with Gasteiger partial charge in [0, 0.05) is 0 Å². The van der Waals surface area contributed by atoms with E-state index in [9.17, 15) is 9.90 Å². The van der Waals surface area contributed by atoms with Gasteiger partial charge < -0.3 is 16.2 Å². The molecule has 0 saturated heterocycles. The average molecular weight is 483 g/mol. The van der Waals surface area contributed by atoms with Crippen LogP contribution in [-0.2, 0) is 0 Å². The second-order valence-corrected chi connectivity index (χ2v) is 7.48. The Labute approximate surface area is 194 Å². The molecule has 0 unspecified atom stereocenters. The summed E-state index contributed by atoms with van der Waals surface area (Å²) in [4.78, 5) is 21.3. The molecule has 4 N–H and O–H groups in total. The Balaban J connectivity index is 1.48. The zero-order valence-corrected chi connectivity index (χ0v) is 17.9. The summed E-state index contributed by atoms with van der Waals surface area (Å²) in [7, 11) is 0. The van der Waals surface area contributed by atoms with Crippen molar-refractivity contribution >= 4 is 46.3 Å². The Bertz CT molecular complexity index is 1490. The molecule has 1 amide bonds. The number of anilines is 2. The lowest BCUT2D eigenvalue weighted by Gasteiger charge is -2.06. The number of nitrogens with one attached hydrogen (secondary N) is 1. The Morgan fingerprint density at radius 2 is 1.82 bits per heavy atom. The summed E-state index contributed by atoms with van der Waals surface area (Å²) in [6.45, 7) is 0. The minimum absolute atomic E-state index is 0.0877. The van der Waals surface area contributed by atoms with Gasteiger partial charge in [0.05, 0.1) is 34.3 Å². The van der Waals surface area contributed by atoms with Crippen LogP contribution in [0.4, 0.5) is 11.5 Å². The zero-order valence-electron chi connectivity index (χ0n) is 16.4. The van der Waals surface area contributed by atoms with Gasteiger partial charge in [0.25, 0.3) is 5.91 Å². The van der Waals surface area contributed by atoms with Crippen molar-refractivity contribution in [2.45, 2.75) is 0 Å². The first-order valence-corrected chi connectivity index (χ1v) is 10.0. The predicted molar refractivity (Wildman–Crippen MR) is 119 cm³/mol.